The fraction of sp³-hybridized carbons (Fsp3) is 0.357. The number of hydrogen-bond donors (Lipinski definition) is 2. The van der Waals surface area contributed by atoms with Gasteiger partial charge in [0.1, 0.15) is 0 Å². The lowest BCUT2D eigenvalue weighted by Gasteiger charge is -2.13. The van der Waals surface area contributed by atoms with E-state index in [1.165, 1.54) is 6.07 Å². The first-order valence-electron chi connectivity index (χ1n) is 6.15. The van der Waals surface area contributed by atoms with Crippen LogP contribution >= 0.6 is 0 Å². The van der Waals surface area contributed by atoms with Gasteiger partial charge in [-0.1, -0.05) is 19.4 Å². The molecule has 1 atom stereocenters. The maximum absolute atomic E-state index is 11.9. The normalized spacial score (nSPS) is 11.4. The highest BCUT2D eigenvalue weighted by atomic mass is 16.2. The van der Waals surface area contributed by atoms with Gasteiger partial charge in [-0.3, -0.25) is 9.59 Å². The first kappa shape index (κ1) is 14.9. The van der Waals surface area contributed by atoms with Crippen LogP contribution in [-0.4, -0.2) is 24.8 Å². The second-order valence-electron chi connectivity index (χ2n) is 4.14. The van der Waals surface area contributed by atoms with Gasteiger partial charge in [0.2, 0.25) is 5.78 Å². The summed E-state index contributed by atoms with van der Waals surface area (Å²) >= 11 is 0. The quantitative estimate of drug-likeness (QED) is 0.758. The smallest absolute Gasteiger partial charge is 0.293 e. The number of rotatable bonds is 6. The highest BCUT2D eigenvalue weighted by Gasteiger charge is 2.23. The van der Waals surface area contributed by atoms with E-state index in [2.05, 4.69) is 10.6 Å². The molecular formula is C14H17N3O2. The van der Waals surface area contributed by atoms with Crippen LogP contribution in [-0.2, 0) is 9.59 Å². The molecule has 19 heavy (non-hydrogen) atoms. The van der Waals surface area contributed by atoms with E-state index < -0.39 is 17.7 Å². The number of likely N-dealkylation sites (N-methyl/N-ethyl adjacent to an activating group) is 1. The molecular weight excluding hydrogens is 242 g/mol. The number of nitriles is 1. The fourth-order valence-electron chi connectivity index (χ4n) is 1.71. The molecule has 0 saturated heterocycles. The second kappa shape index (κ2) is 7.29. The number of carbonyl (C=O) groups excluding carboxylic acids is 2. The Morgan fingerprint density at radius 3 is 2.74 bits per heavy atom. The number of anilines is 1. The van der Waals surface area contributed by atoms with Crippen molar-refractivity contribution in [2.45, 2.75) is 25.8 Å². The highest BCUT2D eigenvalue weighted by molar-refractivity contribution is 6.42. The third-order valence-corrected chi connectivity index (χ3v) is 2.72. The summed E-state index contributed by atoms with van der Waals surface area (Å²) in [6.45, 7) is 1.95. The van der Waals surface area contributed by atoms with Crippen LogP contribution in [0.3, 0.4) is 0 Å². The summed E-state index contributed by atoms with van der Waals surface area (Å²) in [5, 5.41) is 14.1. The first-order chi connectivity index (χ1) is 9.12. The predicted molar refractivity (Wildman–Crippen MR) is 72.5 cm³/mol. The summed E-state index contributed by atoms with van der Waals surface area (Å²) in [6.07, 6.45) is 1.43. The molecule has 1 amide bonds. The molecule has 0 fully saturated rings. The zero-order valence-electron chi connectivity index (χ0n) is 11.1. The Morgan fingerprint density at radius 2 is 2.16 bits per heavy atom. The van der Waals surface area contributed by atoms with E-state index in [9.17, 15) is 9.59 Å². The Kier molecular flexibility index (Phi) is 5.71. The lowest BCUT2D eigenvalue weighted by molar-refractivity contribution is -0.136. The van der Waals surface area contributed by atoms with Gasteiger partial charge in [-0.05, 0) is 31.7 Å². The Balaban J connectivity index is 2.73. The standard InChI is InChI=1S/C14H17N3O2/c1-3-5-12(16-2)13(18)14(19)17-11-7-4-6-10(8-11)9-15/h4,6-8,12,16H,3,5H2,1-2H3,(H,17,19). The average molecular weight is 259 g/mol. The highest BCUT2D eigenvalue weighted by Crippen LogP contribution is 2.10. The second-order valence-corrected chi connectivity index (χ2v) is 4.14. The van der Waals surface area contributed by atoms with Gasteiger partial charge >= 0.3 is 0 Å². The minimum absolute atomic E-state index is 0.434. The van der Waals surface area contributed by atoms with E-state index in [1.807, 2.05) is 13.0 Å². The molecule has 0 spiro atoms. The van der Waals surface area contributed by atoms with Crippen molar-refractivity contribution in [2.75, 3.05) is 12.4 Å². The molecule has 5 heteroatoms. The third kappa shape index (κ3) is 4.19. The van der Waals surface area contributed by atoms with Crippen molar-refractivity contribution in [1.82, 2.24) is 5.32 Å². The SMILES string of the molecule is CCCC(NC)C(=O)C(=O)Nc1cccc(C#N)c1. The number of amides is 1. The van der Waals surface area contributed by atoms with Crippen LogP contribution in [0.15, 0.2) is 24.3 Å². The van der Waals surface area contributed by atoms with E-state index in [-0.39, 0.29) is 0 Å². The van der Waals surface area contributed by atoms with Gasteiger partial charge in [0.15, 0.2) is 0 Å². The number of nitrogens with one attached hydrogen (secondary N) is 2. The van der Waals surface area contributed by atoms with Crippen LogP contribution in [0.25, 0.3) is 0 Å². The molecule has 0 radical (unpaired) electrons. The molecule has 2 N–H and O–H groups in total. The molecule has 1 aromatic rings. The minimum atomic E-state index is -0.664. The molecule has 0 aliphatic rings. The maximum Gasteiger partial charge on any atom is 0.293 e. The van der Waals surface area contributed by atoms with Gasteiger partial charge in [0.05, 0.1) is 17.7 Å². The van der Waals surface area contributed by atoms with Crippen LogP contribution in [0.1, 0.15) is 25.3 Å². The summed E-state index contributed by atoms with van der Waals surface area (Å²) in [6, 6.07) is 7.96. The largest absolute Gasteiger partial charge is 0.319 e. The van der Waals surface area contributed by atoms with Crippen molar-refractivity contribution in [2.24, 2.45) is 0 Å². The summed E-state index contributed by atoms with van der Waals surface area (Å²) in [5.74, 6) is -1.16. The average Bonchev–Trinajstić information content (AvgIpc) is 2.44. The van der Waals surface area contributed by atoms with Crippen molar-refractivity contribution in [3.05, 3.63) is 29.8 Å². The van der Waals surface area contributed by atoms with Gasteiger partial charge in [0.25, 0.3) is 5.91 Å². The van der Waals surface area contributed by atoms with E-state index in [1.54, 1.807) is 25.2 Å². The topological polar surface area (TPSA) is 82.0 Å². The van der Waals surface area contributed by atoms with Gasteiger partial charge in [0, 0.05) is 5.69 Å². The van der Waals surface area contributed by atoms with E-state index in [4.69, 9.17) is 5.26 Å². The Hall–Kier alpha value is -2.19. The van der Waals surface area contributed by atoms with Gasteiger partial charge in [-0.15, -0.1) is 0 Å². The maximum atomic E-state index is 11.9. The molecule has 0 saturated carbocycles. The number of carbonyl (C=O) groups is 2. The number of Topliss-reactive ketones (excluding diaryl/α,β-unsaturated/α-hetero) is 1. The van der Waals surface area contributed by atoms with E-state index >= 15 is 0 Å². The molecule has 5 nitrogen and oxygen atoms in total. The minimum Gasteiger partial charge on any atom is -0.319 e. The van der Waals surface area contributed by atoms with Crippen molar-refractivity contribution < 1.29 is 9.59 Å². The monoisotopic (exact) mass is 259 g/mol. The fourth-order valence-corrected chi connectivity index (χ4v) is 1.71. The number of benzene rings is 1. The van der Waals surface area contributed by atoms with E-state index in [0.29, 0.717) is 17.7 Å². The molecule has 1 rings (SSSR count). The van der Waals surface area contributed by atoms with Crippen LogP contribution in [0.5, 0.6) is 0 Å². The van der Waals surface area contributed by atoms with Crippen LogP contribution in [0.4, 0.5) is 5.69 Å². The van der Waals surface area contributed by atoms with Crippen LogP contribution in [0.2, 0.25) is 0 Å². The van der Waals surface area contributed by atoms with E-state index in [0.717, 1.165) is 6.42 Å². The van der Waals surface area contributed by atoms with Crippen molar-refractivity contribution in [3.8, 4) is 6.07 Å². The molecule has 1 aromatic carbocycles. The molecule has 0 heterocycles. The zero-order chi connectivity index (χ0) is 14.3. The predicted octanol–water partition coefficient (Wildman–Crippen LogP) is 1.45. The first-order valence-corrected chi connectivity index (χ1v) is 6.15. The molecule has 1 unspecified atom stereocenters. The number of nitrogens with zero attached hydrogens (tertiary/aromatic N) is 1. The molecule has 0 aliphatic carbocycles. The Labute approximate surface area is 112 Å². The van der Waals surface area contributed by atoms with Crippen molar-refractivity contribution in [3.63, 3.8) is 0 Å². The molecule has 100 valence electrons. The summed E-state index contributed by atoms with van der Waals surface area (Å²) in [4.78, 5) is 23.7. The van der Waals surface area contributed by atoms with Gasteiger partial charge in [-0.2, -0.15) is 5.26 Å². The number of hydrogen-bond acceptors (Lipinski definition) is 4. The molecule has 0 aliphatic heterocycles. The summed E-state index contributed by atoms with van der Waals surface area (Å²) < 4.78 is 0. The summed E-state index contributed by atoms with van der Waals surface area (Å²) in [7, 11) is 1.65. The lowest BCUT2D eigenvalue weighted by Crippen LogP contribution is -2.41. The Bertz CT molecular complexity index is 506. The lowest BCUT2D eigenvalue weighted by atomic mass is 10.1. The third-order valence-electron chi connectivity index (χ3n) is 2.72. The molecule has 0 aromatic heterocycles. The van der Waals surface area contributed by atoms with Crippen molar-refractivity contribution >= 4 is 17.4 Å². The molecule has 0 bridgehead atoms. The van der Waals surface area contributed by atoms with Crippen LogP contribution in [0, 0.1) is 11.3 Å². The van der Waals surface area contributed by atoms with Crippen LogP contribution < -0.4 is 10.6 Å². The van der Waals surface area contributed by atoms with Gasteiger partial charge in [-0.25, -0.2) is 0 Å². The number of ketones is 1. The Morgan fingerprint density at radius 1 is 1.42 bits per heavy atom. The zero-order valence-corrected chi connectivity index (χ0v) is 11.1. The van der Waals surface area contributed by atoms with Crippen molar-refractivity contribution in [1.29, 1.82) is 5.26 Å². The van der Waals surface area contributed by atoms with Gasteiger partial charge < -0.3 is 10.6 Å². The summed E-state index contributed by atoms with van der Waals surface area (Å²) in [5.41, 5.74) is 0.882.